The van der Waals surface area contributed by atoms with Crippen LogP contribution in [0, 0.1) is 12.8 Å². The minimum absolute atomic E-state index is 0.530. The van der Waals surface area contributed by atoms with E-state index in [0.29, 0.717) is 12.0 Å². The molecule has 0 saturated carbocycles. The van der Waals surface area contributed by atoms with Gasteiger partial charge in [0.1, 0.15) is 0 Å². The molecule has 1 unspecified atom stereocenters. The van der Waals surface area contributed by atoms with Crippen LogP contribution in [0.15, 0.2) is 18.2 Å². The lowest BCUT2D eigenvalue weighted by Crippen LogP contribution is -2.23. The molecule has 1 aromatic rings. The van der Waals surface area contributed by atoms with Crippen LogP contribution >= 0.6 is 0 Å². The van der Waals surface area contributed by atoms with Crippen LogP contribution in [-0.4, -0.2) is 32.8 Å². The molecule has 20 heavy (non-hydrogen) atoms. The lowest BCUT2D eigenvalue weighted by atomic mass is 10.1. The summed E-state index contributed by atoms with van der Waals surface area (Å²) in [5.41, 5.74) is 4.13. The lowest BCUT2D eigenvalue weighted by Gasteiger charge is -2.20. The first kappa shape index (κ1) is 15.3. The van der Waals surface area contributed by atoms with Crippen molar-refractivity contribution in [3.05, 3.63) is 29.3 Å². The molecule has 0 spiro atoms. The first-order chi connectivity index (χ1) is 9.60. The molecule has 1 atom stereocenters. The van der Waals surface area contributed by atoms with Gasteiger partial charge < -0.3 is 15.0 Å². The van der Waals surface area contributed by atoms with Crippen molar-refractivity contribution in [2.45, 2.75) is 39.8 Å². The molecule has 0 aromatic heterocycles. The number of nitrogens with one attached hydrogen (secondary N) is 1. The largest absolute Gasteiger partial charge is 0.384 e. The molecule has 0 radical (unpaired) electrons. The smallest absolute Gasteiger partial charge is 0.0508 e. The molecule has 0 amide bonds. The third kappa shape index (κ3) is 3.97. The van der Waals surface area contributed by atoms with Gasteiger partial charge in [-0.05, 0) is 36.6 Å². The lowest BCUT2D eigenvalue weighted by molar-refractivity contribution is 0.161. The van der Waals surface area contributed by atoms with Crippen LogP contribution in [0.25, 0.3) is 0 Å². The number of benzene rings is 1. The average molecular weight is 276 g/mol. The predicted molar refractivity (Wildman–Crippen MR) is 85.4 cm³/mol. The highest BCUT2D eigenvalue weighted by Gasteiger charge is 2.22. The maximum atomic E-state index is 5.27. The van der Waals surface area contributed by atoms with E-state index in [9.17, 15) is 0 Å². The summed E-state index contributed by atoms with van der Waals surface area (Å²) in [7, 11) is 1.79. The summed E-state index contributed by atoms with van der Waals surface area (Å²) >= 11 is 0. The molecule has 0 bridgehead atoms. The van der Waals surface area contributed by atoms with Crippen LogP contribution in [0.4, 0.5) is 5.69 Å². The van der Waals surface area contributed by atoms with Crippen molar-refractivity contribution < 1.29 is 4.74 Å². The molecule has 3 heteroatoms. The van der Waals surface area contributed by atoms with Gasteiger partial charge in [-0.15, -0.1) is 0 Å². The van der Waals surface area contributed by atoms with Crippen molar-refractivity contribution in [3.8, 4) is 0 Å². The van der Waals surface area contributed by atoms with Crippen molar-refractivity contribution in [1.29, 1.82) is 0 Å². The van der Waals surface area contributed by atoms with Gasteiger partial charge in [0.15, 0.2) is 0 Å². The third-order valence-electron chi connectivity index (χ3n) is 4.08. The van der Waals surface area contributed by atoms with Crippen LogP contribution < -0.4 is 10.2 Å². The van der Waals surface area contributed by atoms with Crippen molar-refractivity contribution in [3.63, 3.8) is 0 Å². The quantitative estimate of drug-likeness (QED) is 0.864. The van der Waals surface area contributed by atoms with E-state index in [2.05, 4.69) is 49.2 Å². The van der Waals surface area contributed by atoms with E-state index in [-0.39, 0.29) is 0 Å². The van der Waals surface area contributed by atoms with Crippen molar-refractivity contribution in [1.82, 2.24) is 5.32 Å². The minimum atomic E-state index is 0.530. The fourth-order valence-electron chi connectivity index (χ4n) is 2.83. The molecular weight excluding hydrogens is 248 g/mol. The number of methoxy groups -OCH3 is 1. The van der Waals surface area contributed by atoms with Crippen LogP contribution in [0.3, 0.4) is 0 Å². The van der Waals surface area contributed by atoms with Crippen molar-refractivity contribution in [2.24, 2.45) is 5.92 Å². The second-order valence-corrected chi connectivity index (χ2v) is 6.20. The van der Waals surface area contributed by atoms with Gasteiger partial charge in [0, 0.05) is 44.4 Å². The highest BCUT2D eigenvalue weighted by atomic mass is 16.5. The summed E-state index contributed by atoms with van der Waals surface area (Å²) in [6.45, 7) is 10.7. The maximum Gasteiger partial charge on any atom is 0.0508 e. The van der Waals surface area contributed by atoms with E-state index >= 15 is 0 Å². The molecule has 1 N–H and O–H groups in total. The van der Waals surface area contributed by atoms with Crippen LogP contribution in [-0.2, 0) is 11.3 Å². The molecule has 3 nitrogen and oxygen atoms in total. The van der Waals surface area contributed by atoms with E-state index in [1.807, 2.05) is 0 Å². The second-order valence-electron chi connectivity index (χ2n) is 6.20. The zero-order valence-corrected chi connectivity index (χ0v) is 13.3. The molecule has 1 aromatic carbocycles. The van der Waals surface area contributed by atoms with E-state index in [0.717, 1.165) is 26.2 Å². The number of aryl methyl sites for hydroxylation is 1. The first-order valence-electron chi connectivity index (χ1n) is 7.67. The van der Waals surface area contributed by atoms with Crippen LogP contribution in [0.2, 0.25) is 0 Å². The number of hydrogen-bond donors (Lipinski definition) is 1. The van der Waals surface area contributed by atoms with Gasteiger partial charge in [0.25, 0.3) is 0 Å². The van der Waals surface area contributed by atoms with E-state index in [1.54, 1.807) is 7.11 Å². The summed E-state index contributed by atoms with van der Waals surface area (Å²) in [6, 6.07) is 7.39. The number of ether oxygens (including phenoxy) is 1. The Morgan fingerprint density at radius 1 is 1.40 bits per heavy atom. The average Bonchev–Trinajstić information content (AvgIpc) is 2.86. The highest BCUT2D eigenvalue weighted by molar-refractivity contribution is 5.51. The van der Waals surface area contributed by atoms with Crippen molar-refractivity contribution in [2.75, 3.05) is 31.7 Å². The summed E-state index contributed by atoms with van der Waals surface area (Å²) in [5.74, 6) is 0.683. The van der Waals surface area contributed by atoms with Gasteiger partial charge in [-0.3, -0.25) is 0 Å². The van der Waals surface area contributed by atoms with Crippen LogP contribution in [0.1, 0.15) is 31.4 Å². The Morgan fingerprint density at radius 2 is 2.20 bits per heavy atom. The molecule has 112 valence electrons. The number of hydrogen-bond acceptors (Lipinski definition) is 3. The summed E-state index contributed by atoms with van der Waals surface area (Å²) in [6.07, 6.45) is 1.24. The second kappa shape index (κ2) is 7.09. The normalized spacial score (nSPS) is 19.1. The monoisotopic (exact) mass is 276 g/mol. The Balaban J connectivity index is 1.98. The highest BCUT2D eigenvalue weighted by Crippen LogP contribution is 2.26. The van der Waals surface area contributed by atoms with Crippen molar-refractivity contribution >= 4 is 5.69 Å². The SMILES string of the molecule is COCC1CCN(c2ccc(CNC(C)C)c(C)c2)C1. The standard InChI is InChI=1S/C17H28N2O/c1-13(2)18-10-16-5-6-17(9-14(16)3)19-8-7-15(11-19)12-20-4/h5-6,9,13,15,18H,7-8,10-12H2,1-4H3. The summed E-state index contributed by atoms with van der Waals surface area (Å²) in [5, 5.41) is 3.49. The fraction of sp³-hybridized carbons (Fsp3) is 0.647. The fourth-order valence-corrected chi connectivity index (χ4v) is 2.83. The topological polar surface area (TPSA) is 24.5 Å². The Kier molecular flexibility index (Phi) is 5.44. The maximum absolute atomic E-state index is 5.27. The Bertz CT molecular complexity index is 431. The zero-order chi connectivity index (χ0) is 14.5. The molecule has 1 fully saturated rings. The Morgan fingerprint density at radius 3 is 2.85 bits per heavy atom. The van der Waals surface area contributed by atoms with E-state index in [4.69, 9.17) is 4.74 Å². The van der Waals surface area contributed by atoms with Crippen LogP contribution in [0.5, 0.6) is 0 Å². The zero-order valence-electron chi connectivity index (χ0n) is 13.3. The summed E-state index contributed by atoms with van der Waals surface area (Å²) < 4.78 is 5.27. The van der Waals surface area contributed by atoms with Gasteiger partial charge in [0.2, 0.25) is 0 Å². The molecule has 1 saturated heterocycles. The third-order valence-corrected chi connectivity index (χ3v) is 4.08. The van der Waals surface area contributed by atoms with Gasteiger partial charge in [-0.1, -0.05) is 19.9 Å². The van der Waals surface area contributed by atoms with Gasteiger partial charge in [-0.2, -0.15) is 0 Å². The molecule has 2 rings (SSSR count). The molecule has 0 aliphatic carbocycles. The number of rotatable bonds is 6. The minimum Gasteiger partial charge on any atom is -0.384 e. The molecule has 1 aliphatic rings. The van der Waals surface area contributed by atoms with Gasteiger partial charge in [0.05, 0.1) is 6.61 Å². The summed E-state index contributed by atoms with van der Waals surface area (Å²) in [4.78, 5) is 2.48. The Hall–Kier alpha value is -1.06. The molecular formula is C17H28N2O. The Labute approximate surface area is 123 Å². The number of anilines is 1. The number of nitrogens with zero attached hydrogens (tertiary/aromatic N) is 1. The van der Waals surface area contributed by atoms with Gasteiger partial charge >= 0.3 is 0 Å². The molecule has 1 heterocycles. The predicted octanol–water partition coefficient (Wildman–Crippen LogP) is 2.97. The van der Waals surface area contributed by atoms with E-state index < -0.39 is 0 Å². The molecule has 1 aliphatic heterocycles. The van der Waals surface area contributed by atoms with E-state index in [1.165, 1.54) is 23.2 Å². The van der Waals surface area contributed by atoms with Gasteiger partial charge in [-0.25, -0.2) is 0 Å². The first-order valence-corrected chi connectivity index (χ1v) is 7.67.